The average molecular weight is 332 g/mol. The van der Waals surface area contributed by atoms with Gasteiger partial charge in [-0.25, -0.2) is 0 Å². The molecule has 5 rings (SSSR count). The van der Waals surface area contributed by atoms with Gasteiger partial charge in [0.05, 0.1) is 12.5 Å². The van der Waals surface area contributed by atoms with Crippen LogP contribution in [-0.4, -0.2) is 71.2 Å². The fraction of sp³-hybridized carbons (Fsp3) is 0.706. The highest BCUT2D eigenvalue weighted by Crippen LogP contribution is 2.31. The van der Waals surface area contributed by atoms with E-state index in [9.17, 15) is 9.59 Å². The third-order valence-corrected chi connectivity index (χ3v) is 5.63. The number of amides is 2. The number of nitrogens with zero attached hydrogens (tertiary/aromatic N) is 3. The maximum atomic E-state index is 13.0. The first kappa shape index (κ1) is 15.6. The molecular weight excluding hydrogens is 308 g/mol. The van der Waals surface area contributed by atoms with Gasteiger partial charge in [0.1, 0.15) is 0 Å². The van der Waals surface area contributed by atoms with E-state index in [2.05, 4.69) is 10.2 Å². The molecule has 1 aromatic heterocycles. The Balaban J connectivity index is 1.55. The van der Waals surface area contributed by atoms with Crippen molar-refractivity contribution in [3.63, 3.8) is 0 Å². The summed E-state index contributed by atoms with van der Waals surface area (Å²) in [7, 11) is 1.65. The lowest BCUT2D eigenvalue weighted by Gasteiger charge is -2.35. The second-order valence-corrected chi connectivity index (χ2v) is 7.05. The largest absolute Gasteiger partial charge is 0.383 e. The Morgan fingerprint density at radius 3 is 3.04 bits per heavy atom. The first-order valence-corrected chi connectivity index (χ1v) is 8.84. The molecule has 4 heterocycles. The summed E-state index contributed by atoms with van der Waals surface area (Å²) in [4.78, 5) is 29.4. The van der Waals surface area contributed by atoms with Crippen LogP contribution < -0.4 is 0 Å². The normalized spacial score (nSPS) is 26.0. The number of ether oxygens (including phenoxy) is 1. The number of carbonyl (C=O) groups excluding carboxylic acids is 2. The predicted molar refractivity (Wildman–Crippen MR) is 86.6 cm³/mol. The van der Waals surface area contributed by atoms with Gasteiger partial charge in [0, 0.05) is 44.0 Å². The zero-order valence-corrected chi connectivity index (χ0v) is 14.1. The molecule has 2 bridgehead atoms. The first-order chi connectivity index (χ1) is 11.7. The molecule has 130 valence electrons. The molecule has 24 heavy (non-hydrogen) atoms. The summed E-state index contributed by atoms with van der Waals surface area (Å²) in [5, 5.41) is 7.28. The molecule has 1 N–H and O–H groups in total. The number of piperidine rings is 1. The first-order valence-electron chi connectivity index (χ1n) is 8.84. The van der Waals surface area contributed by atoms with Gasteiger partial charge in [-0.3, -0.25) is 14.7 Å². The van der Waals surface area contributed by atoms with E-state index in [1.54, 1.807) is 7.11 Å². The smallest absolute Gasteiger partial charge is 0.274 e. The number of hydrogen-bond acceptors (Lipinski definition) is 4. The van der Waals surface area contributed by atoms with Crippen LogP contribution in [0.15, 0.2) is 0 Å². The lowest BCUT2D eigenvalue weighted by molar-refractivity contribution is -0.140. The Morgan fingerprint density at radius 1 is 1.33 bits per heavy atom. The van der Waals surface area contributed by atoms with Crippen molar-refractivity contribution in [2.45, 2.75) is 38.1 Å². The summed E-state index contributed by atoms with van der Waals surface area (Å²) in [6.45, 7) is 2.26. The number of rotatable bonds is 4. The minimum atomic E-state index is -0.0865. The van der Waals surface area contributed by atoms with Gasteiger partial charge in [0.15, 0.2) is 5.69 Å². The van der Waals surface area contributed by atoms with Gasteiger partial charge < -0.3 is 14.5 Å². The van der Waals surface area contributed by atoms with E-state index < -0.39 is 0 Å². The number of aromatic amines is 1. The number of aromatic nitrogens is 2. The Labute approximate surface area is 141 Å². The summed E-state index contributed by atoms with van der Waals surface area (Å²) >= 11 is 0. The Kier molecular flexibility index (Phi) is 4.04. The lowest BCUT2D eigenvalue weighted by atomic mass is 9.94. The molecule has 1 aromatic rings. The standard InChI is InChI=1S/C17H24N4O3/c1-24-8-7-21-12-6-5-11(16(21)22)9-20(10-12)17(23)15-13-3-2-4-14(13)18-19-15/h11-12H,2-10H2,1H3,(H,18,19)/t11-,12+/m0/s1. The van der Waals surface area contributed by atoms with Gasteiger partial charge >= 0.3 is 0 Å². The van der Waals surface area contributed by atoms with E-state index in [0.717, 1.165) is 43.4 Å². The van der Waals surface area contributed by atoms with Crippen molar-refractivity contribution >= 4 is 11.8 Å². The molecule has 0 aromatic carbocycles. The number of nitrogens with one attached hydrogen (secondary N) is 1. The SMILES string of the molecule is COCCN1C(=O)[C@H]2CC[C@@H]1CN(C(=O)c1n[nH]c3c1CCC3)C2. The second kappa shape index (κ2) is 6.20. The van der Waals surface area contributed by atoms with Crippen LogP contribution in [0.3, 0.4) is 0 Å². The summed E-state index contributed by atoms with van der Waals surface area (Å²) in [5.74, 6) is 0.0649. The molecule has 3 saturated heterocycles. The third-order valence-electron chi connectivity index (χ3n) is 5.63. The van der Waals surface area contributed by atoms with E-state index in [0.29, 0.717) is 31.9 Å². The molecule has 7 nitrogen and oxygen atoms in total. The molecule has 4 aliphatic rings. The fourth-order valence-corrected chi connectivity index (χ4v) is 4.34. The van der Waals surface area contributed by atoms with E-state index in [-0.39, 0.29) is 23.8 Å². The highest BCUT2D eigenvalue weighted by atomic mass is 16.5. The van der Waals surface area contributed by atoms with Crippen LogP contribution >= 0.6 is 0 Å². The van der Waals surface area contributed by atoms with Crippen molar-refractivity contribution in [1.82, 2.24) is 20.0 Å². The minimum absolute atomic E-state index is 0.0207. The average Bonchev–Trinajstić information content (AvgIpc) is 3.09. The quantitative estimate of drug-likeness (QED) is 0.876. The van der Waals surface area contributed by atoms with Crippen LogP contribution in [0.2, 0.25) is 0 Å². The zero-order chi connectivity index (χ0) is 16.7. The van der Waals surface area contributed by atoms with E-state index in [1.165, 1.54) is 0 Å². The van der Waals surface area contributed by atoms with Crippen LogP contribution in [0.25, 0.3) is 0 Å². The van der Waals surface area contributed by atoms with Gasteiger partial charge in [0.25, 0.3) is 5.91 Å². The van der Waals surface area contributed by atoms with Crippen molar-refractivity contribution in [2.75, 3.05) is 33.4 Å². The van der Waals surface area contributed by atoms with Gasteiger partial charge in [0.2, 0.25) is 5.91 Å². The predicted octanol–water partition coefficient (Wildman–Crippen LogP) is 0.608. The topological polar surface area (TPSA) is 78.5 Å². The van der Waals surface area contributed by atoms with Crippen molar-refractivity contribution in [2.24, 2.45) is 5.92 Å². The molecule has 0 spiro atoms. The van der Waals surface area contributed by atoms with E-state index in [4.69, 9.17) is 4.74 Å². The van der Waals surface area contributed by atoms with Crippen molar-refractivity contribution in [3.8, 4) is 0 Å². The second-order valence-electron chi connectivity index (χ2n) is 7.05. The van der Waals surface area contributed by atoms with Gasteiger partial charge in [-0.1, -0.05) is 0 Å². The molecule has 2 atom stereocenters. The molecule has 0 saturated carbocycles. The van der Waals surface area contributed by atoms with Crippen molar-refractivity contribution in [3.05, 3.63) is 17.0 Å². The lowest BCUT2D eigenvalue weighted by Crippen LogP contribution is -2.49. The van der Waals surface area contributed by atoms with Crippen LogP contribution in [0, 0.1) is 5.92 Å². The molecule has 0 unspecified atom stereocenters. The number of H-pyrrole nitrogens is 1. The number of carbonyl (C=O) groups is 2. The Hall–Kier alpha value is -1.89. The van der Waals surface area contributed by atoms with Gasteiger partial charge in [-0.05, 0) is 32.1 Å². The Bertz CT molecular complexity index is 656. The molecule has 2 amide bonds. The maximum absolute atomic E-state index is 13.0. The van der Waals surface area contributed by atoms with Crippen LogP contribution in [0.5, 0.6) is 0 Å². The van der Waals surface area contributed by atoms with Crippen LogP contribution in [0.4, 0.5) is 0 Å². The van der Waals surface area contributed by atoms with E-state index >= 15 is 0 Å². The molecular formula is C17H24N4O3. The summed E-state index contributed by atoms with van der Waals surface area (Å²) in [5.41, 5.74) is 2.76. The molecule has 3 fully saturated rings. The van der Waals surface area contributed by atoms with E-state index in [1.807, 2.05) is 9.80 Å². The molecule has 3 aliphatic heterocycles. The number of aryl methyl sites for hydroxylation is 1. The van der Waals surface area contributed by atoms with Crippen molar-refractivity contribution in [1.29, 1.82) is 0 Å². The summed E-state index contributed by atoms with van der Waals surface area (Å²) in [6, 6.07) is 0.0994. The van der Waals surface area contributed by atoms with Gasteiger partial charge in [-0.2, -0.15) is 5.10 Å². The van der Waals surface area contributed by atoms with Crippen molar-refractivity contribution < 1.29 is 14.3 Å². The fourth-order valence-electron chi connectivity index (χ4n) is 4.34. The van der Waals surface area contributed by atoms with Crippen LogP contribution in [0.1, 0.15) is 41.0 Å². The number of hydrogen-bond donors (Lipinski definition) is 1. The number of methoxy groups -OCH3 is 1. The molecule has 7 heteroatoms. The maximum Gasteiger partial charge on any atom is 0.274 e. The summed E-state index contributed by atoms with van der Waals surface area (Å²) < 4.78 is 5.14. The molecule has 1 aliphatic carbocycles. The Morgan fingerprint density at radius 2 is 2.21 bits per heavy atom. The third kappa shape index (κ3) is 2.51. The summed E-state index contributed by atoms with van der Waals surface area (Å²) in [6.07, 6.45) is 4.81. The monoisotopic (exact) mass is 332 g/mol. The zero-order valence-electron chi connectivity index (χ0n) is 14.1. The van der Waals surface area contributed by atoms with Gasteiger partial charge in [-0.15, -0.1) is 0 Å². The molecule has 0 radical (unpaired) electrons. The highest BCUT2D eigenvalue weighted by molar-refractivity contribution is 5.95. The van der Waals surface area contributed by atoms with Crippen LogP contribution in [-0.2, 0) is 22.4 Å². The highest BCUT2D eigenvalue weighted by Gasteiger charge is 2.42. The number of fused-ring (bicyclic) bond motifs is 5. The minimum Gasteiger partial charge on any atom is -0.383 e.